The van der Waals surface area contributed by atoms with Gasteiger partial charge in [-0.15, -0.1) is 0 Å². The molecule has 0 radical (unpaired) electrons. The van der Waals surface area contributed by atoms with Crippen molar-refractivity contribution >= 4 is 35.3 Å². The minimum Gasteiger partial charge on any atom is -0.409 e. The minimum absolute atomic E-state index is 0.0358. The van der Waals surface area contributed by atoms with Crippen LogP contribution in [0.5, 0.6) is 0 Å². The molecule has 1 aliphatic rings. The number of hydrogen-bond donors (Lipinski definition) is 0. The lowest BCUT2D eigenvalue weighted by atomic mass is 10.2. The maximum absolute atomic E-state index is 14.4. The summed E-state index contributed by atoms with van der Waals surface area (Å²) in [7, 11) is -1.88. The summed E-state index contributed by atoms with van der Waals surface area (Å²) in [5.74, 6) is 0.558. The molecule has 1 heterocycles. The van der Waals surface area contributed by atoms with Crippen molar-refractivity contribution in [3.8, 4) is 0 Å². The van der Waals surface area contributed by atoms with Crippen molar-refractivity contribution in [1.29, 1.82) is 0 Å². The van der Waals surface area contributed by atoms with Gasteiger partial charge in [0.05, 0.1) is 12.1 Å². The third-order valence-corrected chi connectivity index (χ3v) is 10.6. The Labute approximate surface area is 152 Å². The number of benzene rings is 1. The van der Waals surface area contributed by atoms with Crippen LogP contribution in [-0.2, 0) is 16.6 Å². The maximum Gasteiger partial charge on any atom is 0.192 e. The van der Waals surface area contributed by atoms with Gasteiger partial charge in [0.2, 0.25) is 0 Å². The van der Waals surface area contributed by atoms with Crippen LogP contribution in [0, 0.1) is 5.82 Å². The number of rotatable bonds is 4. The zero-order valence-electron chi connectivity index (χ0n) is 15.3. The maximum atomic E-state index is 14.4. The van der Waals surface area contributed by atoms with Crippen molar-refractivity contribution in [2.24, 2.45) is 0 Å². The Kier molecular flexibility index (Phi) is 4.25. The lowest BCUT2D eigenvalue weighted by Crippen LogP contribution is -2.40. The van der Waals surface area contributed by atoms with E-state index >= 15 is 0 Å². The monoisotopic (exact) mass is 412 g/mol. The summed E-state index contributed by atoms with van der Waals surface area (Å²) in [5.41, 5.74) is 1.34. The SMILES string of the molecule is CC1(n2c(CO[Si](C)(C)C(C)(C)C)nc3c(F)cc(Br)cc32)CC1. The Bertz CT molecular complexity index is 790. The van der Waals surface area contributed by atoms with Gasteiger partial charge in [0, 0.05) is 10.0 Å². The van der Waals surface area contributed by atoms with Gasteiger partial charge in [-0.3, -0.25) is 0 Å². The van der Waals surface area contributed by atoms with Crippen LogP contribution in [0.15, 0.2) is 16.6 Å². The van der Waals surface area contributed by atoms with Crippen LogP contribution >= 0.6 is 15.9 Å². The van der Waals surface area contributed by atoms with Crippen molar-refractivity contribution in [2.45, 2.75) is 70.8 Å². The lowest BCUT2D eigenvalue weighted by molar-refractivity contribution is 0.258. The molecule has 0 unspecified atom stereocenters. The molecule has 0 aliphatic heterocycles. The molecule has 0 atom stereocenters. The van der Waals surface area contributed by atoms with Gasteiger partial charge in [0.25, 0.3) is 0 Å². The average molecular weight is 413 g/mol. The van der Waals surface area contributed by atoms with Crippen LogP contribution in [0.2, 0.25) is 18.1 Å². The topological polar surface area (TPSA) is 27.1 Å². The highest BCUT2D eigenvalue weighted by Crippen LogP contribution is 2.46. The van der Waals surface area contributed by atoms with Gasteiger partial charge in [0.1, 0.15) is 11.3 Å². The molecular formula is C18H26BrFN2OSi. The van der Waals surface area contributed by atoms with Crippen LogP contribution in [0.25, 0.3) is 11.0 Å². The van der Waals surface area contributed by atoms with Crippen molar-refractivity contribution in [3.63, 3.8) is 0 Å². The lowest BCUT2D eigenvalue weighted by Gasteiger charge is -2.36. The van der Waals surface area contributed by atoms with Crippen molar-refractivity contribution < 1.29 is 8.82 Å². The molecule has 0 bridgehead atoms. The molecule has 0 amide bonds. The van der Waals surface area contributed by atoms with Gasteiger partial charge < -0.3 is 8.99 Å². The van der Waals surface area contributed by atoms with Gasteiger partial charge in [-0.25, -0.2) is 9.37 Å². The number of halogens is 2. The molecule has 6 heteroatoms. The standard InChI is InChI=1S/C18H26BrFN2OSi/c1-17(2,3)24(5,6)23-11-15-21-16-13(20)9-12(19)10-14(16)22(15)18(4)7-8-18/h9-10H,7-8,11H2,1-6H3. The van der Waals surface area contributed by atoms with E-state index in [2.05, 4.69) is 66.3 Å². The first-order chi connectivity index (χ1) is 10.9. The molecule has 1 saturated carbocycles. The van der Waals surface area contributed by atoms with Crippen LogP contribution in [-0.4, -0.2) is 17.9 Å². The van der Waals surface area contributed by atoms with E-state index in [1.165, 1.54) is 6.07 Å². The first-order valence-corrected chi connectivity index (χ1v) is 12.2. The highest BCUT2D eigenvalue weighted by atomic mass is 79.9. The van der Waals surface area contributed by atoms with E-state index in [4.69, 9.17) is 4.43 Å². The van der Waals surface area contributed by atoms with Gasteiger partial charge in [-0.2, -0.15) is 0 Å². The zero-order chi connectivity index (χ0) is 17.9. The van der Waals surface area contributed by atoms with Crippen molar-refractivity contribution in [1.82, 2.24) is 9.55 Å². The Morgan fingerprint density at radius 3 is 2.50 bits per heavy atom. The van der Waals surface area contributed by atoms with Gasteiger partial charge in [0.15, 0.2) is 14.1 Å². The van der Waals surface area contributed by atoms with Gasteiger partial charge >= 0.3 is 0 Å². The highest BCUT2D eigenvalue weighted by molar-refractivity contribution is 9.10. The summed E-state index contributed by atoms with van der Waals surface area (Å²) >= 11 is 3.41. The molecule has 1 fully saturated rings. The van der Waals surface area contributed by atoms with E-state index in [1.54, 1.807) is 0 Å². The summed E-state index contributed by atoms with van der Waals surface area (Å²) in [5, 5.41) is 0.140. The second kappa shape index (κ2) is 5.64. The number of aromatic nitrogens is 2. The molecule has 0 spiro atoms. The first-order valence-electron chi connectivity index (χ1n) is 8.45. The van der Waals surface area contributed by atoms with Crippen LogP contribution in [0.1, 0.15) is 46.4 Å². The normalized spacial score (nSPS) is 17.5. The molecule has 3 rings (SSSR count). The third kappa shape index (κ3) is 3.08. The van der Waals surface area contributed by atoms with Crippen molar-refractivity contribution in [2.75, 3.05) is 0 Å². The third-order valence-electron chi connectivity index (χ3n) is 5.63. The molecule has 1 aromatic heterocycles. The Morgan fingerprint density at radius 2 is 1.96 bits per heavy atom. The molecule has 1 aromatic carbocycles. The first kappa shape index (κ1) is 18.1. The van der Waals surface area contributed by atoms with Crippen molar-refractivity contribution in [3.05, 3.63) is 28.2 Å². The smallest absolute Gasteiger partial charge is 0.192 e. The fraction of sp³-hybridized carbons (Fsp3) is 0.611. The summed E-state index contributed by atoms with van der Waals surface area (Å²) in [4.78, 5) is 4.61. The quantitative estimate of drug-likeness (QED) is 0.578. The fourth-order valence-corrected chi connectivity index (χ4v) is 4.06. The van der Waals surface area contributed by atoms with E-state index in [9.17, 15) is 4.39 Å². The predicted molar refractivity (Wildman–Crippen MR) is 102 cm³/mol. The van der Waals surface area contributed by atoms with Crippen LogP contribution in [0.4, 0.5) is 4.39 Å². The Hall–Kier alpha value is -0.723. The number of imidazole rings is 1. The van der Waals surface area contributed by atoms with E-state index < -0.39 is 8.32 Å². The molecule has 24 heavy (non-hydrogen) atoms. The van der Waals surface area contributed by atoms with Crippen LogP contribution < -0.4 is 0 Å². The highest BCUT2D eigenvalue weighted by Gasteiger charge is 2.43. The van der Waals surface area contributed by atoms with E-state index in [0.29, 0.717) is 12.1 Å². The van der Waals surface area contributed by atoms with Gasteiger partial charge in [-0.1, -0.05) is 36.7 Å². The summed E-state index contributed by atoms with van der Waals surface area (Å²) < 4.78 is 23.7. The second-order valence-corrected chi connectivity index (χ2v) is 14.4. The molecule has 3 nitrogen and oxygen atoms in total. The number of nitrogens with zero attached hydrogens (tertiary/aromatic N) is 2. The minimum atomic E-state index is -1.88. The number of hydrogen-bond acceptors (Lipinski definition) is 2. The Balaban J connectivity index is 2.04. The van der Waals surface area contributed by atoms with E-state index in [0.717, 1.165) is 28.7 Å². The second-order valence-electron chi connectivity index (χ2n) is 8.66. The predicted octanol–water partition coefficient (Wildman–Crippen LogP) is 5.97. The molecule has 0 saturated heterocycles. The number of fused-ring (bicyclic) bond motifs is 1. The fourth-order valence-electron chi connectivity index (χ4n) is 2.72. The zero-order valence-corrected chi connectivity index (χ0v) is 17.9. The summed E-state index contributed by atoms with van der Waals surface area (Å²) in [6.07, 6.45) is 2.19. The summed E-state index contributed by atoms with van der Waals surface area (Å²) in [6.45, 7) is 13.8. The van der Waals surface area contributed by atoms with E-state index in [-0.39, 0.29) is 16.4 Å². The molecule has 1 aliphatic carbocycles. The van der Waals surface area contributed by atoms with E-state index in [1.807, 2.05) is 6.07 Å². The average Bonchev–Trinajstić information content (AvgIpc) is 3.05. The Morgan fingerprint density at radius 1 is 1.33 bits per heavy atom. The molecule has 2 aromatic rings. The van der Waals surface area contributed by atoms with Crippen LogP contribution in [0.3, 0.4) is 0 Å². The van der Waals surface area contributed by atoms with Gasteiger partial charge in [-0.05, 0) is 50.0 Å². The summed E-state index contributed by atoms with van der Waals surface area (Å²) in [6, 6.07) is 3.44. The largest absolute Gasteiger partial charge is 0.409 e. The molecule has 0 N–H and O–H groups in total. The molecular weight excluding hydrogens is 387 g/mol. The molecule has 132 valence electrons.